The fraction of sp³-hybridized carbons (Fsp3) is 0.350. The van der Waals surface area contributed by atoms with Gasteiger partial charge in [-0.05, 0) is 39.0 Å². The van der Waals surface area contributed by atoms with Gasteiger partial charge >= 0.3 is 0 Å². The van der Waals surface area contributed by atoms with E-state index >= 15 is 0 Å². The predicted octanol–water partition coefficient (Wildman–Crippen LogP) is 3.33. The summed E-state index contributed by atoms with van der Waals surface area (Å²) in [5.74, 6) is 1.43. The van der Waals surface area contributed by atoms with Crippen molar-refractivity contribution in [1.29, 1.82) is 5.26 Å². The molecule has 1 unspecified atom stereocenters. The molecular weight excluding hydrogens is 374 g/mol. The van der Waals surface area contributed by atoms with Crippen molar-refractivity contribution in [3.8, 4) is 11.8 Å². The molecule has 8 heteroatoms. The van der Waals surface area contributed by atoms with Crippen LogP contribution in [0.2, 0.25) is 0 Å². The number of aromatic amines is 1. The number of benzene rings is 1. The van der Waals surface area contributed by atoms with Gasteiger partial charge in [0.05, 0.1) is 29.9 Å². The maximum atomic E-state index is 11.3. The number of rotatable bonds is 4. The Morgan fingerprint density at radius 3 is 2.89 bits per heavy atom. The average molecular weight is 395 g/mol. The number of ether oxygens (including phenoxy) is 1. The number of nitrogens with zero attached hydrogens (tertiary/aromatic N) is 4. The molecule has 4 rings (SSSR count). The topological polar surface area (TPSA) is 98.1 Å². The van der Waals surface area contributed by atoms with Crippen LogP contribution in [-0.2, 0) is 6.54 Å². The molecule has 1 aliphatic heterocycles. The summed E-state index contributed by atoms with van der Waals surface area (Å²) in [6.07, 6.45) is 2.63. The lowest BCUT2D eigenvalue weighted by Gasteiger charge is -2.46. The van der Waals surface area contributed by atoms with Crippen molar-refractivity contribution in [3.63, 3.8) is 0 Å². The van der Waals surface area contributed by atoms with E-state index in [1.54, 1.807) is 30.6 Å². The third kappa shape index (κ3) is 3.23. The van der Waals surface area contributed by atoms with Gasteiger partial charge < -0.3 is 19.7 Å². The van der Waals surface area contributed by atoms with Crippen molar-refractivity contribution >= 4 is 16.5 Å². The van der Waals surface area contributed by atoms with Gasteiger partial charge in [-0.2, -0.15) is 5.26 Å². The number of aliphatic hydroxyl groups excluding tert-OH is 1. The minimum Gasteiger partial charge on any atom is -0.485 e. The Balaban J connectivity index is 1.87. The Bertz CT molecular complexity index is 1020. The van der Waals surface area contributed by atoms with Gasteiger partial charge in [0.15, 0.2) is 5.13 Å². The van der Waals surface area contributed by atoms with Crippen molar-refractivity contribution in [2.24, 2.45) is 0 Å². The molecule has 1 aromatic carbocycles. The third-order valence-corrected chi connectivity index (χ3v) is 5.90. The van der Waals surface area contributed by atoms with E-state index in [2.05, 4.69) is 21.0 Å². The van der Waals surface area contributed by atoms with Crippen LogP contribution < -0.4 is 9.64 Å². The largest absolute Gasteiger partial charge is 0.485 e. The van der Waals surface area contributed by atoms with E-state index in [0.29, 0.717) is 17.9 Å². The first kappa shape index (κ1) is 18.5. The molecular formula is C20H21N5O2S. The summed E-state index contributed by atoms with van der Waals surface area (Å²) in [6.45, 7) is 6.11. The summed E-state index contributed by atoms with van der Waals surface area (Å²) < 4.78 is 6.06. The predicted molar refractivity (Wildman–Crippen MR) is 106 cm³/mol. The van der Waals surface area contributed by atoms with Gasteiger partial charge in [0.2, 0.25) is 0 Å². The Labute approximate surface area is 167 Å². The lowest BCUT2D eigenvalue weighted by Crippen LogP contribution is -2.53. The molecule has 28 heavy (non-hydrogen) atoms. The summed E-state index contributed by atoms with van der Waals surface area (Å²) in [4.78, 5) is 14.2. The van der Waals surface area contributed by atoms with Crippen LogP contribution in [0.1, 0.15) is 42.5 Å². The average Bonchev–Trinajstić information content (AvgIpc) is 3.32. The first-order valence-electron chi connectivity index (χ1n) is 8.97. The van der Waals surface area contributed by atoms with Crippen LogP contribution in [0, 0.1) is 18.3 Å². The van der Waals surface area contributed by atoms with Crippen LogP contribution in [0.25, 0.3) is 0 Å². The monoisotopic (exact) mass is 395 g/mol. The van der Waals surface area contributed by atoms with Crippen molar-refractivity contribution in [3.05, 3.63) is 58.6 Å². The molecule has 3 heterocycles. The number of anilines is 1. The standard InChI is InChI=1S/C20H21N5O2S/c1-12-11-28-19(24-12)25(10-16-22-6-7-23-16)17-14-8-13(9-21)4-5-15(14)27-20(2,3)18(17)26/h4-8,11,17-18,26H,10H2,1-3H3,(H,22,23)/t17?,18-/m1/s1. The fourth-order valence-electron chi connectivity index (χ4n) is 3.48. The molecule has 2 aromatic heterocycles. The van der Waals surface area contributed by atoms with Gasteiger partial charge in [0.1, 0.15) is 23.3 Å². The first-order chi connectivity index (χ1) is 13.4. The van der Waals surface area contributed by atoms with Crippen LogP contribution in [0.5, 0.6) is 5.75 Å². The molecule has 7 nitrogen and oxygen atoms in total. The Hall–Kier alpha value is -2.89. The molecule has 0 amide bonds. The quantitative estimate of drug-likeness (QED) is 0.703. The van der Waals surface area contributed by atoms with Crippen molar-refractivity contribution in [2.45, 2.75) is 45.1 Å². The summed E-state index contributed by atoms with van der Waals surface area (Å²) in [6, 6.07) is 7.05. The molecule has 0 radical (unpaired) electrons. The van der Waals surface area contributed by atoms with Gasteiger partial charge in [0, 0.05) is 23.3 Å². The molecule has 144 valence electrons. The molecule has 0 saturated heterocycles. The fourth-order valence-corrected chi connectivity index (χ4v) is 4.32. The minimum atomic E-state index is -0.840. The number of nitrogens with one attached hydrogen (secondary N) is 1. The molecule has 0 aliphatic carbocycles. The summed E-state index contributed by atoms with van der Waals surface area (Å²) in [7, 11) is 0. The number of imidazole rings is 1. The van der Waals surface area contributed by atoms with Crippen LogP contribution in [0.4, 0.5) is 5.13 Å². The molecule has 1 aliphatic rings. The normalized spacial score (nSPS) is 20.1. The highest BCUT2D eigenvalue weighted by Crippen LogP contribution is 2.45. The van der Waals surface area contributed by atoms with Gasteiger partial charge in [0.25, 0.3) is 0 Å². The minimum absolute atomic E-state index is 0.438. The number of aliphatic hydroxyl groups is 1. The highest BCUT2D eigenvalue weighted by Gasteiger charge is 2.46. The van der Waals surface area contributed by atoms with Crippen LogP contribution in [-0.4, -0.2) is 31.8 Å². The SMILES string of the molecule is Cc1csc(N(Cc2ncc[nH]2)C2c3cc(C#N)ccc3OC(C)(C)[C@@H]2O)n1. The zero-order valence-corrected chi connectivity index (χ0v) is 16.7. The highest BCUT2D eigenvalue weighted by molar-refractivity contribution is 7.13. The van der Waals surface area contributed by atoms with Gasteiger partial charge in [-0.1, -0.05) is 0 Å². The number of thiazole rings is 1. The van der Waals surface area contributed by atoms with E-state index in [1.165, 1.54) is 11.3 Å². The molecule has 2 N–H and O–H groups in total. The molecule has 0 bridgehead atoms. The van der Waals surface area contributed by atoms with Gasteiger partial charge in [-0.25, -0.2) is 9.97 Å². The highest BCUT2D eigenvalue weighted by atomic mass is 32.1. The number of nitriles is 1. The lowest BCUT2D eigenvalue weighted by atomic mass is 9.85. The zero-order chi connectivity index (χ0) is 19.9. The second kappa shape index (κ2) is 6.93. The molecule has 0 saturated carbocycles. The lowest BCUT2D eigenvalue weighted by molar-refractivity contribution is -0.0590. The number of H-pyrrole nitrogens is 1. The number of hydrogen-bond acceptors (Lipinski definition) is 7. The second-order valence-corrected chi connectivity index (χ2v) is 8.23. The van der Waals surface area contributed by atoms with Crippen molar-refractivity contribution in [2.75, 3.05) is 4.90 Å². The summed E-state index contributed by atoms with van der Waals surface area (Å²) in [5.41, 5.74) is 1.40. The van der Waals surface area contributed by atoms with E-state index in [4.69, 9.17) is 4.74 Å². The van der Waals surface area contributed by atoms with Crippen molar-refractivity contribution < 1.29 is 9.84 Å². The number of hydrogen-bond donors (Lipinski definition) is 2. The second-order valence-electron chi connectivity index (χ2n) is 7.39. The number of fused-ring (bicyclic) bond motifs is 1. The number of aryl methyl sites for hydroxylation is 1. The van der Waals surface area contributed by atoms with Gasteiger partial charge in [-0.3, -0.25) is 0 Å². The van der Waals surface area contributed by atoms with Gasteiger partial charge in [-0.15, -0.1) is 11.3 Å². The molecule has 3 aromatic rings. The van der Waals surface area contributed by atoms with E-state index < -0.39 is 17.7 Å². The van der Waals surface area contributed by atoms with E-state index in [-0.39, 0.29) is 0 Å². The summed E-state index contributed by atoms with van der Waals surface area (Å²) in [5, 5.41) is 23.4. The van der Waals surface area contributed by atoms with Crippen LogP contribution >= 0.6 is 11.3 Å². The molecule has 0 fully saturated rings. The Morgan fingerprint density at radius 2 is 2.25 bits per heavy atom. The van der Waals surface area contributed by atoms with Crippen molar-refractivity contribution in [1.82, 2.24) is 15.0 Å². The maximum Gasteiger partial charge on any atom is 0.186 e. The Morgan fingerprint density at radius 1 is 1.43 bits per heavy atom. The van der Waals surface area contributed by atoms with E-state index in [1.807, 2.05) is 31.1 Å². The summed E-state index contributed by atoms with van der Waals surface area (Å²) >= 11 is 1.52. The van der Waals surface area contributed by atoms with Crippen LogP contribution in [0.3, 0.4) is 0 Å². The molecule has 0 spiro atoms. The van der Waals surface area contributed by atoms with Crippen LogP contribution in [0.15, 0.2) is 36.0 Å². The third-order valence-electron chi connectivity index (χ3n) is 4.91. The van der Waals surface area contributed by atoms with E-state index in [0.717, 1.165) is 22.2 Å². The Kier molecular flexibility index (Phi) is 4.57. The zero-order valence-electron chi connectivity index (χ0n) is 15.9. The maximum absolute atomic E-state index is 11.3. The first-order valence-corrected chi connectivity index (χ1v) is 9.85. The number of aromatic nitrogens is 3. The molecule has 2 atom stereocenters. The van der Waals surface area contributed by atoms with E-state index in [9.17, 15) is 10.4 Å². The smallest absolute Gasteiger partial charge is 0.186 e.